The summed E-state index contributed by atoms with van der Waals surface area (Å²) >= 11 is 0. The SMILES string of the molecule is NC(=O)c1cnccc1N1CCCC(N2CCCCCC2)C1. The first-order chi connectivity index (χ1) is 10.8. The maximum Gasteiger partial charge on any atom is 0.252 e. The topological polar surface area (TPSA) is 62.5 Å². The summed E-state index contributed by atoms with van der Waals surface area (Å²) < 4.78 is 0. The van der Waals surface area contributed by atoms with Crippen molar-refractivity contribution in [1.29, 1.82) is 0 Å². The first kappa shape index (κ1) is 15.3. The summed E-state index contributed by atoms with van der Waals surface area (Å²) in [4.78, 5) is 20.7. The quantitative estimate of drug-likeness (QED) is 0.928. The molecule has 22 heavy (non-hydrogen) atoms. The van der Waals surface area contributed by atoms with E-state index in [4.69, 9.17) is 5.73 Å². The Kier molecular flexibility index (Phi) is 4.93. The number of hydrogen-bond acceptors (Lipinski definition) is 4. The summed E-state index contributed by atoms with van der Waals surface area (Å²) in [6.07, 6.45) is 11.1. The molecule has 5 heteroatoms. The monoisotopic (exact) mass is 302 g/mol. The zero-order chi connectivity index (χ0) is 15.4. The lowest BCUT2D eigenvalue weighted by molar-refractivity contribution is 0.1000. The van der Waals surface area contributed by atoms with Crippen LogP contribution in [0.1, 0.15) is 48.9 Å². The Bertz CT molecular complexity index is 511. The molecule has 2 saturated heterocycles. The van der Waals surface area contributed by atoms with E-state index in [9.17, 15) is 4.79 Å². The van der Waals surface area contributed by atoms with Crippen LogP contribution in [0, 0.1) is 0 Å². The Labute approximate surface area is 132 Å². The van der Waals surface area contributed by atoms with Crippen molar-refractivity contribution < 1.29 is 4.79 Å². The van der Waals surface area contributed by atoms with Gasteiger partial charge in [-0.05, 0) is 44.8 Å². The standard InChI is InChI=1S/C17H26N4O/c18-17(22)15-12-19-8-7-16(15)21-11-5-6-14(13-21)20-9-3-1-2-4-10-20/h7-8,12,14H,1-6,9-11,13H2,(H2,18,22). The Hall–Kier alpha value is -1.62. The molecule has 2 fully saturated rings. The van der Waals surface area contributed by atoms with Crippen LogP contribution in [-0.2, 0) is 0 Å². The highest BCUT2D eigenvalue weighted by molar-refractivity contribution is 5.98. The predicted octanol–water partition coefficient (Wildman–Crippen LogP) is 2.03. The van der Waals surface area contributed by atoms with Crippen LogP contribution in [-0.4, -0.2) is 48.0 Å². The molecule has 0 spiro atoms. The van der Waals surface area contributed by atoms with Crippen molar-refractivity contribution >= 4 is 11.6 Å². The Morgan fingerprint density at radius 3 is 2.64 bits per heavy atom. The fourth-order valence-electron chi connectivity index (χ4n) is 3.78. The van der Waals surface area contributed by atoms with E-state index in [-0.39, 0.29) is 5.91 Å². The van der Waals surface area contributed by atoms with Crippen LogP contribution >= 0.6 is 0 Å². The van der Waals surface area contributed by atoms with Crippen molar-refractivity contribution in [2.75, 3.05) is 31.1 Å². The Balaban J connectivity index is 1.74. The van der Waals surface area contributed by atoms with Gasteiger partial charge in [0.2, 0.25) is 0 Å². The molecule has 1 aromatic heterocycles. The molecule has 3 heterocycles. The molecule has 1 amide bonds. The molecular formula is C17H26N4O. The fraction of sp³-hybridized carbons (Fsp3) is 0.647. The van der Waals surface area contributed by atoms with E-state index in [0.717, 1.165) is 18.8 Å². The van der Waals surface area contributed by atoms with Crippen molar-refractivity contribution in [1.82, 2.24) is 9.88 Å². The van der Waals surface area contributed by atoms with Crippen LogP contribution in [0.3, 0.4) is 0 Å². The molecule has 1 unspecified atom stereocenters. The van der Waals surface area contributed by atoms with Crippen molar-refractivity contribution in [2.45, 2.75) is 44.6 Å². The third kappa shape index (κ3) is 3.40. The smallest absolute Gasteiger partial charge is 0.252 e. The van der Waals surface area contributed by atoms with Gasteiger partial charge in [0.15, 0.2) is 0 Å². The van der Waals surface area contributed by atoms with Crippen LogP contribution in [0.4, 0.5) is 5.69 Å². The zero-order valence-corrected chi connectivity index (χ0v) is 13.2. The molecule has 2 aliphatic heterocycles. The molecule has 1 atom stereocenters. The van der Waals surface area contributed by atoms with Gasteiger partial charge >= 0.3 is 0 Å². The van der Waals surface area contributed by atoms with Gasteiger partial charge in [-0.3, -0.25) is 14.7 Å². The normalized spacial score (nSPS) is 24.0. The lowest BCUT2D eigenvalue weighted by Crippen LogP contribution is -2.48. The van der Waals surface area contributed by atoms with Crippen LogP contribution in [0.25, 0.3) is 0 Å². The van der Waals surface area contributed by atoms with Crippen LogP contribution < -0.4 is 10.6 Å². The number of pyridine rings is 1. The molecule has 0 saturated carbocycles. The molecule has 2 aliphatic rings. The summed E-state index contributed by atoms with van der Waals surface area (Å²) in [5, 5.41) is 0. The number of nitrogens with two attached hydrogens (primary N) is 1. The van der Waals surface area contributed by atoms with Crippen LogP contribution in [0.5, 0.6) is 0 Å². The predicted molar refractivity (Wildman–Crippen MR) is 88.0 cm³/mol. The van der Waals surface area contributed by atoms with E-state index in [1.54, 1.807) is 12.4 Å². The first-order valence-electron chi connectivity index (χ1n) is 8.48. The summed E-state index contributed by atoms with van der Waals surface area (Å²) in [5.41, 5.74) is 6.99. The molecule has 2 N–H and O–H groups in total. The summed E-state index contributed by atoms with van der Waals surface area (Å²) in [6.45, 7) is 4.42. The van der Waals surface area contributed by atoms with Gasteiger partial charge in [-0.15, -0.1) is 0 Å². The highest BCUT2D eigenvalue weighted by Crippen LogP contribution is 2.26. The summed E-state index contributed by atoms with van der Waals surface area (Å²) in [6, 6.07) is 2.52. The number of aromatic nitrogens is 1. The van der Waals surface area contributed by atoms with Crippen molar-refractivity contribution in [3.63, 3.8) is 0 Å². The minimum absolute atomic E-state index is 0.389. The second kappa shape index (κ2) is 7.09. The molecule has 0 radical (unpaired) electrons. The third-order valence-electron chi connectivity index (χ3n) is 4.96. The summed E-state index contributed by atoms with van der Waals surface area (Å²) in [7, 11) is 0. The van der Waals surface area contributed by atoms with E-state index in [1.165, 1.54) is 51.6 Å². The molecule has 1 aromatic rings. The molecule has 120 valence electrons. The molecule has 0 bridgehead atoms. The van der Waals surface area contributed by atoms with Crippen molar-refractivity contribution in [3.05, 3.63) is 24.0 Å². The van der Waals surface area contributed by atoms with E-state index < -0.39 is 0 Å². The second-order valence-electron chi connectivity index (χ2n) is 6.45. The van der Waals surface area contributed by atoms with E-state index in [2.05, 4.69) is 14.8 Å². The van der Waals surface area contributed by atoms with Gasteiger partial charge in [0.1, 0.15) is 0 Å². The number of rotatable bonds is 3. The minimum atomic E-state index is -0.389. The zero-order valence-electron chi connectivity index (χ0n) is 13.2. The Morgan fingerprint density at radius 2 is 1.91 bits per heavy atom. The first-order valence-corrected chi connectivity index (χ1v) is 8.48. The van der Waals surface area contributed by atoms with Gasteiger partial charge in [0, 0.05) is 31.5 Å². The highest BCUT2D eigenvalue weighted by atomic mass is 16.1. The largest absolute Gasteiger partial charge is 0.369 e. The maximum absolute atomic E-state index is 11.6. The lowest BCUT2D eigenvalue weighted by atomic mass is 10.0. The number of anilines is 1. The second-order valence-corrected chi connectivity index (χ2v) is 6.45. The van der Waals surface area contributed by atoms with Gasteiger partial charge in [-0.2, -0.15) is 0 Å². The number of carbonyl (C=O) groups is 1. The lowest BCUT2D eigenvalue weighted by Gasteiger charge is -2.40. The van der Waals surface area contributed by atoms with E-state index >= 15 is 0 Å². The number of primary amides is 1. The molecule has 0 aliphatic carbocycles. The van der Waals surface area contributed by atoms with Gasteiger partial charge in [0.05, 0.1) is 11.3 Å². The van der Waals surface area contributed by atoms with Gasteiger partial charge < -0.3 is 10.6 Å². The maximum atomic E-state index is 11.6. The Morgan fingerprint density at radius 1 is 1.14 bits per heavy atom. The van der Waals surface area contributed by atoms with Crippen LogP contribution in [0.15, 0.2) is 18.5 Å². The number of piperidine rings is 1. The van der Waals surface area contributed by atoms with Gasteiger partial charge in [-0.25, -0.2) is 0 Å². The molecule has 3 rings (SSSR count). The van der Waals surface area contributed by atoms with Crippen LogP contribution in [0.2, 0.25) is 0 Å². The minimum Gasteiger partial charge on any atom is -0.369 e. The number of likely N-dealkylation sites (tertiary alicyclic amines) is 1. The molecular weight excluding hydrogens is 276 g/mol. The van der Waals surface area contributed by atoms with Gasteiger partial charge in [-0.1, -0.05) is 12.8 Å². The molecule has 5 nitrogen and oxygen atoms in total. The van der Waals surface area contributed by atoms with E-state index in [1.807, 2.05) is 6.07 Å². The van der Waals surface area contributed by atoms with Gasteiger partial charge in [0.25, 0.3) is 5.91 Å². The van der Waals surface area contributed by atoms with E-state index in [0.29, 0.717) is 11.6 Å². The molecule has 0 aromatic carbocycles. The average molecular weight is 302 g/mol. The highest BCUT2D eigenvalue weighted by Gasteiger charge is 2.27. The average Bonchev–Trinajstić information content (AvgIpc) is 2.84. The number of nitrogens with zero attached hydrogens (tertiary/aromatic N) is 3. The third-order valence-corrected chi connectivity index (χ3v) is 4.96. The number of amides is 1. The van der Waals surface area contributed by atoms with Crippen molar-refractivity contribution in [3.8, 4) is 0 Å². The summed E-state index contributed by atoms with van der Waals surface area (Å²) in [5.74, 6) is -0.389. The van der Waals surface area contributed by atoms with Crippen molar-refractivity contribution in [2.24, 2.45) is 5.73 Å². The number of carbonyl (C=O) groups excluding carboxylic acids is 1. The number of hydrogen-bond donors (Lipinski definition) is 1. The fourth-order valence-corrected chi connectivity index (χ4v) is 3.78.